The van der Waals surface area contributed by atoms with E-state index >= 15 is 0 Å². The molecule has 0 aliphatic rings. The van der Waals surface area contributed by atoms with E-state index in [0.717, 1.165) is 5.69 Å². The van der Waals surface area contributed by atoms with Crippen LogP contribution in [0.1, 0.15) is 17.3 Å². The van der Waals surface area contributed by atoms with Crippen LogP contribution in [-0.4, -0.2) is 39.0 Å². The molecule has 0 atom stereocenters. The lowest BCUT2D eigenvalue weighted by atomic mass is 10.2. The van der Waals surface area contributed by atoms with Crippen LogP contribution in [0.2, 0.25) is 0 Å². The number of carbonyl (C=O) groups excluding carboxylic acids is 2. The normalized spacial score (nSPS) is 9.72. The van der Waals surface area contributed by atoms with E-state index in [1.54, 1.807) is 12.1 Å². The van der Waals surface area contributed by atoms with E-state index < -0.39 is 0 Å². The van der Waals surface area contributed by atoms with Gasteiger partial charge in [-0.15, -0.1) is 0 Å². The van der Waals surface area contributed by atoms with Gasteiger partial charge in [0.05, 0.1) is 6.54 Å². The molecule has 0 saturated heterocycles. The van der Waals surface area contributed by atoms with Crippen molar-refractivity contribution in [3.63, 3.8) is 0 Å². The first kappa shape index (κ1) is 14.0. The first-order valence-corrected chi connectivity index (χ1v) is 5.87. The van der Waals surface area contributed by atoms with Gasteiger partial charge in [0.25, 0.3) is 5.91 Å². The van der Waals surface area contributed by atoms with Crippen LogP contribution in [0, 0.1) is 0 Å². The van der Waals surface area contributed by atoms with Crippen LogP contribution in [0.4, 0.5) is 5.69 Å². The number of nitrogens with zero attached hydrogens (tertiary/aromatic N) is 1. The summed E-state index contributed by atoms with van der Waals surface area (Å²) >= 11 is 0. The number of nitrogens with one attached hydrogen (secondary N) is 2. The molecular formula is C13H19N3O2. The van der Waals surface area contributed by atoms with Crippen molar-refractivity contribution in [1.29, 1.82) is 0 Å². The van der Waals surface area contributed by atoms with Crippen LogP contribution in [0.15, 0.2) is 24.3 Å². The predicted octanol–water partition coefficient (Wildman–Crippen LogP) is 0.618. The molecule has 0 aliphatic heterocycles. The Kier molecular flexibility index (Phi) is 5.17. The molecule has 0 spiro atoms. The Morgan fingerprint density at radius 1 is 1.22 bits per heavy atom. The highest BCUT2D eigenvalue weighted by atomic mass is 16.2. The molecule has 0 heterocycles. The molecule has 0 radical (unpaired) electrons. The summed E-state index contributed by atoms with van der Waals surface area (Å²) in [4.78, 5) is 25.0. The van der Waals surface area contributed by atoms with Crippen molar-refractivity contribution in [3.8, 4) is 0 Å². The minimum Gasteiger partial charge on any atom is -0.378 e. The molecule has 0 fully saturated rings. The molecule has 1 aromatic rings. The Bertz CT molecular complexity index is 430. The van der Waals surface area contributed by atoms with Gasteiger partial charge >= 0.3 is 0 Å². The van der Waals surface area contributed by atoms with Crippen molar-refractivity contribution in [3.05, 3.63) is 29.8 Å². The minimum absolute atomic E-state index is 0.00113. The predicted molar refractivity (Wildman–Crippen MR) is 71.8 cm³/mol. The number of benzene rings is 1. The summed E-state index contributed by atoms with van der Waals surface area (Å²) in [5.41, 5.74) is 1.49. The maximum absolute atomic E-state index is 11.8. The van der Waals surface area contributed by atoms with Gasteiger partial charge in [-0.2, -0.15) is 0 Å². The number of anilines is 1. The quantitative estimate of drug-likeness (QED) is 0.804. The van der Waals surface area contributed by atoms with E-state index in [1.807, 2.05) is 38.1 Å². The average molecular weight is 249 g/mol. The van der Waals surface area contributed by atoms with Gasteiger partial charge in [0, 0.05) is 31.9 Å². The first-order chi connectivity index (χ1) is 8.54. The summed E-state index contributed by atoms with van der Waals surface area (Å²) in [6.07, 6.45) is 0. The first-order valence-electron chi connectivity index (χ1n) is 5.87. The average Bonchev–Trinajstić information content (AvgIpc) is 2.36. The molecule has 0 aliphatic carbocycles. The second kappa shape index (κ2) is 6.64. The van der Waals surface area contributed by atoms with Crippen LogP contribution in [-0.2, 0) is 4.79 Å². The lowest BCUT2D eigenvalue weighted by molar-refractivity contribution is -0.120. The van der Waals surface area contributed by atoms with Gasteiger partial charge in [0.2, 0.25) is 5.91 Å². The zero-order valence-electron chi connectivity index (χ0n) is 11.0. The van der Waals surface area contributed by atoms with Crippen molar-refractivity contribution >= 4 is 17.5 Å². The summed E-state index contributed by atoms with van der Waals surface area (Å²) < 4.78 is 0. The zero-order valence-corrected chi connectivity index (χ0v) is 11.0. The number of hydrogen-bond donors (Lipinski definition) is 2. The second-order valence-electron chi connectivity index (χ2n) is 4.08. The Balaban J connectivity index is 2.61. The van der Waals surface area contributed by atoms with Crippen LogP contribution in [0.3, 0.4) is 0 Å². The van der Waals surface area contributed by atoms with Crippen LogP contribution in [0.5, 0.6) is 0 Å². The monoisotopic (exact) mass is 249 g/mol. The van der Waals surface area contributed by atoms with Crippen molar-refractivity contribution in [2.45, 2.75) is 6.92 Å². The minimum atomic E-state index is -0.245. The molecule has 5 nitrogen and oxygen atoms in total. The van der Waals surface area contributed by atoms with E-state index in [0.29, 0.717) is 12.1 Å². The number of carbonyl (C=O) groups is 2. The van der Waals surface area contributed by atoms with Crippen molar-refractivity contribution in [2.24, 2.45) is 0 Å². The molecule has 0 aromatic heterocycles. The molecule has 1 rings (SSSR count). The third kappa shape index (κ3) is 4.08. The summed E-state index contributed by atoms with van der Waals surface area (Å²) in [5, 5.41) is 5.20. The maximum Gasteiger partial charge on any atom is 0.251 e. The molecule has 98 valence electrons. The van der Waals surface area contributed by atoms with Crippen molar-refractivity contribution in [1.82, 2.24) is 10.6 Å². The summed E-state index contributed by atoms with van der Waals surface area (Å²) in [5.74, 6) is -0.431. The Morgan fingerprint density at radius 2 is 1.94 bits per heavy atom. The molecule has 18 heavy (non-hydrogen) atoms. The highest BCUT2D eigenvalue weighted by molar-refractivity contribution is 5.97. The van der Waals surface area contributed by atoms with Gasteiger partial charge in [-0.25, -0.2) is 0 Å². The van der Waals surface area contributed by atoms with E-state index in [9.17, 15) is 9.59 Å². The standard InChI is InChI=1S/C13H19N3O2/c1-4-14-12(17)9-15-13(18)10-6-5-7-11(8-10)16(2)3/h5-8H,4,9H2,1-3H3,(H,14,17)(H,15,18). The number of hydrogen-bond acceptors (Lipinski definition) is 3. The van der Waals surface area contributed by atoms with E-state index in [-0.39, 0.29) is 18.4 Å². The van der Waals surface area contributed by atoms with Gasteiger partial charge in [-0.1, -0.05) is 6.07 Å². The van der Waals surface area contributed by atoms with Crippen molar-refractivity contribution in [2.75, 3.05) is 32.1 Å². The number of rotatable bonds is 5. The topological polar surface area (TPSA) is 61.4 Å². The molecule has 0 saturated carbocycles. The summed E-state index contributed by atoms with van der Waals surface area (Å²) in [6.45, 7) is 2.39. The van der Waals surface area contributed by atoms with Gasteiger partial charge in [-0.05, 0) is 25.1 Å². The highest BCUT2D eigenvalue weighted by Gasteiger charge is 2.08. The largest absolute Gasteiger partial charge is 0.378 e. The summed E-state index contributed by atoms with van der Waals surface area (Å²) in [7, 11) is 3.82. The third-order valence-electron chi connectivity index (χ3n) is 2.41. The van der Waals surface area contributed by atoms with Gasteiger partial charge in [0.1, 0.15) is 0 Å². The Hall–Kier alpha value is -2.04. The number of amides is 2. The maximum atomic E-state index is 11.8. The van der Waals surface area contributed by atoms with E-state index in [1.165, 1.54) is 0 Å². The zero-order chi connectivity index (χ0) is 13.5. The fourth-order valence-electron chi connectivity index (χ4n) is 1.45. The molecule has 0 unspecified atom stereocenters. The van der Waals surface area contributed by atoms with Crippen LogP contribution >= 0.6 is 0 Å². The highest BCUT2D eigenvalue weighted by Crippen LogP contribution is 2.12. The SMILES string of the molecule is CCNC(=O)CNC(=O)c1cccc(N(C)C)c1. The number of likely N-dealkylation sites (N-methyl/N-ethyl adjacent to an activating group) is 1. The molecule has 2 amide bonds. The lowest BCUT2D eigenvalue weighted by Gasteiger charge is -2.13. The van der Waals surface area contributed by atoms with Crippen LogP contribution in [0.25, 0.3) is 0 Å². The Labute approximate surface area is 107 Å². The molecule has 5 heteroatoms. The third-order valence-corrected chi connectivity index (χ3v) is 2.41. The van der Waals surface area contributed by atoms with Gasteiger partial charge in [-0.3, -0.25) is 9.59 Å². The van der Waals surface area contributed by atoms with Crippen LogP contribution < -0.4 is 15.5 Å². The molecular weight excluding hydrogens is 230 g/mol. The molecule has 2 N–H and O–H groups in total. The Morgan fingerprint density at radius 3 is 2.56 bits per heavy atom. The smallest absolute Gasteiger partial charge is 0.251 e. The second-order valence-corrected chi connectivity index (χ2v) is 4.08. The van der Waals surface area contributed by atoms with Gasteiger partial charge in [0.15, 0.2) is 0 Å². The summed E-state index contributed by atoms with van der Waals surface area (Å²) in [6, 6.07) is 7.24. The molecule has 1 aromatic carbocycles. The van der Waals surface area contributed by atoms with E-state index in [2.05, 4.69) is 10.6 Å². The fourth-order valence-corrected chi connectivity index (χ4v) is 1.45. The van der Waals surface area contributed by atoms with Crippen molar-refractivity contribution < 1.29 is 9.59 Å². The van der Waals surface area contributed by atoms with E-state index in [4.69, 9.17) is 0 Å². The molecule has 0 bridgehead atoms. The van der Waals surface area contributed by atoms with Gasteiger partial charge < -0.3 is 15.5 Å². The fraction of sp³-hybridized carbons (Fsp3) is 0.385. The lowest BCUT2D eigenvalue weighted by Crippen LogP contribution is -2.36.